The van der Waals surface area contributed by atoms with Crippen LogP contribution in [0.4, 0.5) is 13.2 Å². The highest BCUT2D eigenvalue weighted by Gasteiger charge is 2.29. The van der Waals surface area contributed by atoms with Gasteiger partial charge < -0.3 is 10.4 Å². The molecular formula is C23H38F3NO3S. The Morgan fingerprint density at radius 3 is 2.03 bits per heavy atom. The maximum Gasteiger partial charge on any atom is 0.389 e. The summed E-state index contributed by atoms with van der Waals surface area (Å²) in [5.74, 6) is -1.48. The standard InChI is InChI=1S/C22H34F3NO3S.CH4/c1-16(2)7-5-8-17(3)9-6-10-18(4)12-14-30-15-19(21(28)29)26-20(27)11-13-22(23,24)25;/h7,9,12,19H,5-6,8,10-11,13-15H2,1-4H3,(H,26,27)(H,28,29);1H4/b17-9+,18-12+;/t19-;/m0./s1. The number of carbonyl (C=O) groups is 2. The molecule has 0 saturated carbocycles. The van der Waals surface area contributed by atoms with Crippen molar-refractivity contribution < 1.29 is 27.9 Å². The monoisotopic (exact) mass is 465 g/mol. The van der Waals surface area contributed by atoms with E-state index in [9.17, 15) is 22.8 Å². The first-order valence-electron chi connectivity index (χ1n) is 10.0. The van der Waals surface area contributed by atoms with Gasteiger partial charge in [-0.1, -0.05) is 42.4 Å². The zero-order valence-corrected chi connectivity index (χ0v) is 19.1. The summed E-state index contributed by atoms with van der Waals surface area (Å²) in [4.78, 5) is 22.7. The fourth-order valence-electron chi connectivity index (χ4n) is 2.42. The number of nitrogens with one attached hydrogen (secondary N) is 1. The Labute approximate surface area is 189 Å². The fourth-order valence-corrected chi connectivity index (χ4v) is 3.42. The summed E-state index contributed by atoms with van der Waals surface area (Å²) in [5, 5.41) is 11.3. The third-order valence-electron chi connectivity index (χ3n) is 4.23. The molecule has 0 saturated heterocycles. The Balaban J connectivity index is 0. The summed E-state index contributed by atoms with van der Waals surface area (Å²) in [5.41, 5.74) is 3.88. The molecular weight excluding hydrogens is 427 g/mol. The number of aliphatic carboxylic acids is 1. The van der Waals surface area contributed by atoms with Crippen molar-refractivity contribution in [3.8, 4) is 0 Å². The largest absolute Gasteiger partial charge is 0.480 e. The second kappa shape index (κ2) is 16.9. The smallest absolute Gasteiger partial charge is 0.389 e. The molecule has 180 valence electrons. The van der Waals surface area contributed by atoms with Gasteiger partial charge in [0, 0.05) is 17.9 Å². The van der Waals surface area contributed by atoms with E-state index in [4.69, 9.17) is 5.11 Å². The molecule has 0 fully saturated rings. The van der Waals surface area contributed by atoms with Crippen molar-refractivity contribution in [2.24, 2.45) is 0 Å². The van der Waals surface area contributed by atoms with Crippen LogP contribution in [-0.4, -0.2) is 40.7 Å². The van der Waals surface area contributed by atoms with Gasteiger partial charge in [0.1, 0.15) is 6.04 Å². The molecule has 0 radical (unpaired) electrons. The van der Waals surface area contributed by atoms with Crippen LogP contribution in [0.25, 0.3) is 0 Å². The first-order chi connectivity index (χ1) is 13.9. The number of carboxylic acids is 1. The minimum absolute atomic E-state index is 0. The molecule has 0 aliphatic carbocycles. The van der Waals surface area contributed by atoms with Gasteiger partial charge in [0.25, 0.3) is 0 Å². The van der Waals surface area contributed by atoms with Crippen molar-refractivity contribution in [2.75, 3.05) is 11.5 Å². The van der Waals surface area contributed by atoms with Crippen molar-refractivity contribution in [1.82, 2.24) is 5.32 Å². The lowest BCUT2D eigenvalue weighted by Gasteiger charge is -2.14. The van der Waals surface area contributed by atoms with Gasteiger partial charge in [-0.05, 0) is 53.4 Å². The molecule has 31 heavy (non-hydrogen) atoms. The van der Waals surface area contributed by atoms with E-state index in [-0.39, 0.29) is 13.2 Å². The van der Waals surface area contributed by atoms with Crippen molar-refractivity contribution in [3.63, 3.8) is 0 Å². The first-order valence-corrected chi connectivity index (χ1v) is 11.2. The van der Waals surface area contributed by atoms with E-state index in [1.165, 1.54) is 28.5 Å². The molecule has 1 amide bonds. The van der Waals surface area contributed by atoms with Crippen LogP contribution >= 0.6 is 11.8 Å². The van der Waals surface area contributed by atoms with E-state index >= 15 is 0 Å². The summed E-state index contributed by atoms with van der Waals surface area (Å²) in [7, 11) is 0. The Bertz CT molecular complexity index is 636. The Morgan fingerprint density at radius 2 is 1.52 bits per heavy atom. The molecule has 0 aromatic rings. The van der Waals surface area contributed by atoms with Crippen LogP contribution in [0.5, 0.6) is 0 Å². The first kappa shape index (κ1) is 31.5. The van der Waals surface area contributed by atoms with Crippen LogP contribution in [0.3, 0.4) is 0 Å². The normalized spacial score (nSPS) is 13.3. The number of rotatable bonds is 14. The number of amides is 1. The molecule has 2 N–H and O–H groups in total. The molecule has 0 heterocycles. The summed E-state index contributed by atoms with van der Waals surface area (Å²) < 4.78 is 36.4. The number of hydrogen-bond acceptors (Lipinski definition) is 3. The van der Waals surface area contributed by atoms with Crippen LogP contribution in [-0.2, 0) is 9.59 Å². The number of hydrogen-bond donors (Lipinski definition) is 2. The Morgan fingerprint density at radius 1 is 0.968 bits per heavy atom. The van der Waals surface area contributed by atoms with Crippen LogP contribution in [0.2, 0.25) is 0 Å². The van der Waals surface area contributed by atoms with E-state index in [0.29, 0.717) is 5.75 Å². The van der Waals surface area contributed by atoms with Crippen LogP contribution < -0.4 is 5.32 Å². The molecule has 0 aromatic heterocycles. The molecule has 0 spiro atoms. The van der Waals surface area contributed by atoms with Gasteiger partial charge in [0.15, 0.2) is 0 Å². The van der Waals surface area contributed by atoms with Crippen LogP contribution in [0, 0.1) is 0 Å². The highest BCUT2D eigenvalue weighted by atomic mass is 32.2. The van der Waals surface area contributed by atoms with Gasteiger partial charge in [0.05, 0.1) is 6.42 Å². The van der Waals surface area contributed by atoms with Gasteiger partial charge in [-0.2, -0.15) is 24.9 Å². The van der Waals surface area contributed by atoms with E-state index in [1.807, 2.05) is 13.0 Å². The second-order valence-electron chi connectivity index (χ2n) is 7.57. The summed E-state index contributed by atoms with van der Waals surface area (Å²) in [6.07, 6.45) is 3.97. The summed E-state index contributed by atoms with van der Waals surface area (Å²) in [6.45, 7) is 8.32. The number of carbonyl (C=O) groups excluding carboxylic acids is 1. The van der Waals surface area contributed by atoms with Crippen molar-refractivity contribution in [3.05, 3.63) is 34.9 Å². The lowest BCUT2D eigenvalue weighted by molar-refractivity contribution is -0.146. The van der Waals surface area contributed by atoms with Gasteiger partial charge in [-0.3, -0.25) is 4.79 Å². The quantitative estimate of drug-likeness (QED) is 0.222. The zero-order valence-electron chi connectivity index (χ0n) is 18.3. The van der Waals surface area contributed by atoms with Crippen LogP contribution in [0.1, 0.15) is 73.6 Å². The molecule has 0 aliphatic heterocycles. The van der Waals surface area contributed by atoms with E-state index in [1.54, 1.807) is 0 Å². The highest BCUT2D eigenvalue weighted by molar-refractivity contribution is 7.99. The van der Waals surface area contributed by atoms with E-state index in [0.717, 1.165) is 25.7 Å². The third kappa shape index (κ3) is 20.0. The van der Waals surface area contributed by atoms with Gasteiger partial charge in [-0.25, -0.2) is 4.79 Å². The average molecular weight is 466 g/mol. The number of carboxylic acid groups (broad SMARTS) is 1. The van der Waals surface area contributed by atoms with Crippen LogP contribution in [0.15, 0.2) is 34.9 Å². The molecule has 8 heteroatoms. The zero-order chi connectivity index (χ0) is 23.2. The van der Waals surface area contributed by atoms with Gasteiger partial charge >= 0.3 is 12.1 Å². The topological polar surface area (TPSA) is 66.4 Å². The minimum Gasteiger partial charge on any atom is -0.480 e. The number of allylic oxidation sites excluding steroid dienone is 5. The molecule has 0 unspecified atom stereocenters. The second-order valence-corrected chi connectivity index (χ2v) is 8.65. The number of thioether (sulfide) groups is 1. The number of halogens is 3. The lowest BCUT2D eigenvalue weighted by atomic mass is 10.1. The van der Waals surface area contributed by atoms with Gasteiger partial charge in [-0.15, -0.1) is 0 Å². The third-order valence-corrected chi connectivity index (χ3v) is 5.20. The van der Waals surface area contributed by atoms with E-state index in [2.05, 4.69) is 38.2 Å². The molecule has 0 aromatic carbocycles. The molecule has 0 rings (SSSR count). The highest BCUT2D eigenvalue weighted by Crippen LogP contribution is 2.21. The van der Waals surface area contributed by atoms with Crippen molar-refractivity contribution >= 4 is 23.6 Å². The lowest BCUT2D eigenvalue weighted by Crippen LogP contribution is -2.42. The average Bonchev–Trinajstić information content (AvgIpc) is 2.61. The Hall–Kier alpha value is -1.70. The molecule has 1 atom stereocenters. The maximum absolute atomic E-state index is 12.1. The predicted octanol–water partition coefficient (Wildman–Crippen LogP) is 6.69. The minimum atomic E-state index is -4.44. The molecule has 0 bridgehead atoms. The van der Waals surface area contributed by atoms with Crippen molar-refractivity contribution in [1.29, 1.82) is 0 Å². The van der Waals surface area contributed by atoms with E-state index < -0.39 is 36.9 Å². The van der Waals surface area contributed by atoms with Gasteiger partial charge in [0.2, 0.25) is 5.91 Å². The summed E-state index contributed by atoms with van der Waals surface area (Å²) >= 11 is 1.32. The Kier molecular flexibility index (Phi) is 17.2. The SMILES string of the molecule is C.CC(C)=CCC/C(C)=C/CC/C(C)=C/CSC[C@H](NC(=O)CCC(F)(F)F)C(=O)O. The summed E-state index contributed by atoms with van der Waals surface area (Å²) in [6, 6.07) is -1.20. The number of alkyl halides is 3. The fraction of sp³-hybridized carbons (Fsp3) is 0.652. The van der Waals surface area contributed by atoms with Crippen molar-refractivity contribution in [2.45, 2.75) is 85.9 Å². The maximum atomic E-state index is 12.1. The molecule has 0 aliphatic rings. The predicted molar refractivity (Wildman–Crippen MR) is 124 cm³/mol. The molecule has 4 nitrogen and oxygen atoms in total.